The minimum atomic E-state index is -0.307. The van der Waals surface area contributed by atoms with Crippen LogP contribution in [0.3, 0.4) is 0 Å². The predicted molar refractivity (Wildman–Crippen MR) is 122 cm³/mol. The Morgan fingerprint density at radius 1 is 0.935 bits per heavy atom. The number of nitrogens with zero attached hydrogens (tertiary/aromatic N) is 5. The van der Waals surface area contributed by atoms with Gasteiger partial charge in [-0.25, -0.2) is 19.3 Å². The van der Waals surface area contributed by atoms with Crippen molar-refractivity contribution in [1.82, 2.24) is 15.0 Å². The molecule has 1 aliphatic heterocycles. The van der Waals surface area contributed by atoms with E-state index < -0.39 is 0 Å². The predicted octanol–water partition coefficient (Wildman–Crippen LogP) is 4.61. The zero-order valence-electron chi connectivity index (χ0n) is 17.0. The van der Waals surface area contributed by atoms with Crippen LogP contribution in [-0.4, -0.2) is 33.0 Å². The van der Waals surface area contributed by atoms with Crippen molar-refractivity contribution < 1.29 is 4.39 Å². The number of pyridine rings is 1. The normalized spacial score (nSPS) is 15.5. The maximum Gasteiger partial charge on any atom is 0.137 e. The number of hydrogen-bond acceptors (Lipinski definition) is 6. The molecule has 3 heterocycles. The maximum absolute atomic E-state index is 13.5. The molecule has 0 saturated heterocycles. The second-order valence-electron chi connectivity index (χ2n) is 7.44. The molecule has 5 rings (SSSR count). The van der Waals surface area contributed by atoms with E-state index in [0.29, 0.717) is 17.2 Å². The molecule has 2 aromatic carbocycles. The summed E-state index contributed by atoms with van der Waals surface area (Å²) in [6.07, 6.45) is 3.14. The lowest BCUT2D eigenvalue weighted by Crippen LogP contribution is -2.08. The van der Waals surface area contributed by atoms with Gasteiger partial charge in [0.1, 0.15) is 24.1 Å². The average Bonchev–Trinajstić information content (AvgIpc) is 3.20. The van der Waals surface area contributed by atoms with Crippen molar-refractivity contribution in [3.63, 3.8) is 0 Å². The molecular weight excluding hydrogens is 391 g/mol. The van der Waals surface area contributed by atoms with Crippen molar-refractivity contribution in [2.24, 2.45) is 9.98 Å². The summed E-state index contributed by atoms with van der Waals surface area (Å²) in [5.74, 6) is 0.0431. The Labute approximate surface area is 178 Å². The van der Waals surface area contributed by atoms with Crippen molar-refractivity contribution in [1.29, 1.82) is 0 Å². The molecule has 0 radical (unpaired) electrons. The van der Waals surface area contributed by atoms with Crippen molar-refractivity contribution in [2.45, 2.75) is 20.0 Å². The van der Waals surface area contributed by atoms with Crippen LogP contribution in [0.1, 0.15) is 18.2 Å². The van der Waals surface area contributed by atoms with Crippen LogP contribution in [0.4, 0.5) is 10.2 Å². The van der Waals surface area contributed by atoms with Gasteiger partial charge in [0.2, 0.25) is 0 Å². The van der Waals surface area contributed by atoms with Crippen molar-refractivity contribution in [2.75, 3.05) is 5.73 Å². The Morgan fingerprint density at radius 2 is 1.71 bits per heavy atom. The molecule has 0 fully saturated rings. The van der Waals surface area contributed by atoms with E-state index in [1.807, 2.05) is 38.1 Å². The lowest BCUT2D eigenvalue weighted by Gasteiger charge is -2.14. The Hall–Kier alpha value is -4.00. The Balaban J connectivity index is 1.77. The van der Waals surface area contributed by atoms with E-state index >= 15 is 0 Å². The van der Waals surface area contributed by atoms with E-state index in [2.05, 4.69) is 20.0 Å². The summed E-state index contributed by atoms with van der Waals surface area (Å²) in [7, 11) is 0. The van der Waals surface area contributed by atoms with Gasteiger partial charge < -0.3 is 5.73 Å². The summed E-state index contributed by atoms with van der Waals surface area (Å²) < 4.78 is 13.5. The second kappa shape index (κ2) is 7.36. The van der Waals surface area contributed by atoms with Gasteiger partial charge in [-0.2, -0.15) is 0 Å². The maximum atomic E-state index is 13.5. The Bertz CT molecular complexity index is 1380. The standard InChI is InChI=1S/C24H19FN6/c1-13-18-9-16(5-8-21(18)29-12-28-13)19-10-20(22-11-27-14(2)30-22)24(26)31-23(19)15-3-6-17(25)7-4-15/h3-12,14H,1-2H3,(H2,26,31). The molecular formula is C24H19FN6. The summed E-state index contributed by atoms with van der Waals surface area (Å²) in [5.41, 5.74) is 12.7. The molecule has 0 amide bonds. The van der Waals surface area contributed by atoms with E-state index in [0.717, 1.165) is 38.9 Å². The summed E-state index contributed by atoms with van der Waals surface area (Å²) in [6.45, 7) is 3.86. The number of halogens is 1. The molecule has 1 aliphatic rings. The van der Waals surface area contributed by atoms with E-state index in [1.165, 1.54) is 12.1 Å². The van der Waals surface area contributed by atoms with Gasteiger partial charge in [0.05, 0.1) is 16.9 Å². The highest BCUT2D eigenvalue weighted by atomic mass is 19.1. The third-order valence-electron chi connectivity index (χ3n) is 5.33. The number of anilines is 1. The number of aromatic nitrogens is 3. The molecule has 0 saturated carbocycles. The van der Waals surface area contributed by atoms with Gasteiger partial charge in [0, 0.05) is 34.0 Å². The molecule has 7 heteroatoms. The number of rotatable bonds is 3. The highest BCUT2D eigenvalue weighted by Crippen LogP contribution is 2.35. The highest BCUT2D eigenvalue weighted by Gasteiger charge is 2.19. The Kier molecular flexibility index (Phi) is 4.51. The quantitative estimate of drug-likeness (QED) is 0.534. The van der Waals surface area contributed by atoms with Crippen LogP contribution in [0.5, 0.6) is 0 Å². The van der Waals surface area contributed by atoms with Crippen LogP contribution >= 0.6 is 0 Å². The fourth-order valence-corrected chi connectivity index (χ4v) is 3.72. The molecule has 1 atom stereocenters. The summed E-state index contributed by atoms with van der Waals surface area (Å²) in [6, 6.07) is 14.2. The van der Waals surface area contributed by atoms with E-state index in [9.17, 15) is 4.39 Å². The molecule has 0 aliphatic carbocycles. The lowest BCUT2D eigenvalue weighted by molar-refractivity contribution is 0.628. The summed E-state index contributed by atoms with van der Waals surface area (Å²) in [4.78, 5) is 22.2. The number of nitrogen functional groups attached to an aromatic ring is 1. The highest BCUT2D eigenvalue weighted by molar-refractivity contribution is 6.40. The van der Waals surface area contributed by atoms with Crippen molar-refractivity contribution in [3.8, 4) is 22.4 Å². The van der Waals surface area contributed by atoms with Crippen molar-refractivity contribution in [3.05, 3.63) is 71.9 Å². The van der Waals surface area contributed by atoms with Gasteiger partial charge in [0.15, 0.2) is 0 Å². The van der Waals surface area contributed by atoms with Gasteiger partial charge in [-0.15, -0.1) is 0 Å². The zero-order chi connectivity index (χ0) is 21.5. The molecule has 31 heavy (non-hydrogen) atoms. The molecule has 152 valence electrons. The molecule has 2 aromatic heterocycles. The molecule has 6 nitrogen and oxygen atoms in total. The van der Waals surface area contributed by atoms with Gasteiger partial charge in [-0.1, -0.05) is 6.07 Å². The van der Waals surface area contributed by atoms with Gasteiger partial charge in [-0.3, -0.25) is 9.98 Å². The van der Waals surface area contributed by atoms with Gasteiger partial charge >= 0.3 is 0 Å². The molecule has 0 spiro atoms. The van der Waals surface area contributed by atoms with E-state index in [4.69, 9.17) is 10.7 Å². The Morgan fingerprint density at radius 3 is 2.45 bits per heavy atom. The topological polar surface area (TPSA) is 89.4 Å². The van der Waals surface area contributed by atoms with Gasteiger partial charge in [-0.05, 0) is 61.9 Å². The van der Waals surface area contributed by atoms with E-state index in [-0.39, 0.29) is 12.0 Å². The number of hydrogen-bond donors (Lipinski definition) is 1. The minimum absolute atomic E-state index is 0.143. The van der Waals surface area contributed by atoms with Crippen LogP contribution in [-0.2, 0) is 0 Å². The first-order chi connectivity index (χ1) is 15.0. The lowest BCUT2D eigenvalue weighted by atomic mass is 9.95. The van der Waals surface area contributed by atoms with Crippen LogP contribution in [0.15, 0.2) is 64.8 Å². The first-order valence-corrected chi connectivity index (χ1v) is 9.89. The van der Waals surface area contributed by atoms with Crippen molar-refractivity contribution >= 4 is 28.6 Å². The summed E-state index contributed by atoms with van der Waals surface area (Å²) in [5, 5.41) is 0.955. The first-order valence-electron chi connectivity index (χ1n) is 9.89. The van der Waals surface area contributed by atoms with Crippen LogP contribution < -0.4 is 5.73 Å². The van der Waals surface area contributed by atoms with Crippen LogP contribution in [0.25, 0.3) is 33.3 Å². The number of aliphatic imine (C=N–C) groups is 2. The monoisotopic (exact) mass is 410 g/mol. The van der Waals surface area contributed by atoms with Crippen LogP contribution in [0, 0.1) is 12.7 Å². The number of benzene rings is 2. The van der Waals surface area contributed by atoms with Crippen LogP contribution in [0.2, 0.25) is 0 Å². The second-order valence-corrected chi connectivity index (χ2v) is 7.44. The third-order valence-corrected chi connectivity index (χ3v) is 5.33. The number of nitrogens with two attached hydrogens (primary N) is 1. The van der Waals surface area contributed by atoms with E-state index in [1.54, 1.807) is 24.7 Å². The fourth-order valence-electron chi connectivity index (χ4n) is 3.72. The molecule has 4 aromatic rings. The molecule has 1 unspecified atom stereocenters. The minimum Gasteiger partial charge on any atom is -0.383 e. The van der Waals surface area contributed by atoms with Gasteiger partial charge in [0.25, 0.3) is 0 Å². The third kappa shape index (κ3) is 3.44. The first kappa shape index (κ1) is 19.0. The average molecular weight is 410 g/mol. The molecule has 0 bridgehead atoms. The zero-order valence-corrected chi connectivity index (χ0v) is 17.0. The number of aryl methyl sites for hydroxylation is 1. The number of fused-ring (bicyclic) bond motifs is 1. The SMILES string of the molecule is Cc1ncnc2ccc(-c3cc(C4=NC(C)N=C4)c(N)nc3-c3ccc(F)cc3)cc12. The molecule has 2 N–H and O–H groups in total. The summed E-state index contributed by atoms with van der Waals surface area (Å²) >= 11 is 0. The fraction of sp³-hybridized carbons (Fsp3) is 0.125. The smallest absolute Gasteiger partial charge is 0.137 e. The largest absolute Gasteiger partial charge is 0.383 e.